The number of benzene rings is 4. The lowest BCUT2D eigenvalue weighted by Gasteiger charge is -2.24. The number of fused-ring (bicyclic) bond motifs is 3. The van der Waals surface area contributed by atoms with E-state index in [1.165, 1.54) is 39.0 Å². The molecule has 0 saturated carbocycles. The van der Waals surface area contributed by atoms with E-state index >= 15 is 0 Å². The molecule has 47 heavy (non-hydrogen) atoms. The fourth-order valence-corrected chi connectivity index (χ4v) is 8.25. The number of aromatic nitrogens is 2. The van der Waals surface area contributed by atoms with Crippen molar-refractivity contribution in [1.29, 1.82) is 0 Å². The number of carbonyl (C=O) groups excluding carboxylic acids is 1. The molecule has 1 atom stereocenters. The third-order valence-corrected chi connectivity index (χ3v) is 10.4. The summed E-state index contributed by atoms with van der Waals surface area (Å²) in [6.45, 7) is 2.69. The summed E-state index contributed by atoms with van der Waals surface area (Å²) in [4.78, 5) is 34.4. The summed E-state index contributed by atoms with van der Waals surface area (Å²) < 4.78 is 10.0. The minimum Gasteiger partial charge on any atom is -0.463 e. The number of para-hydroxylation sites is 1. The largest absolute Gasteiger partial charge is 0.463 e. The molecule has 3 aromatic heterocycles. The first-order valence-electron chi connectivity index (χ1n) is 15.5. The molecule has 230 valence electrons. The predicted octanol–water partition coefficient (Wildman–Crippen LogP) is 7.15. The third-order valence-electron chi connectivity index (χ3n) is 8.51. The third kappa shape index (κ3) is 5.16. The van der Waals surface area contributed by atoms with Crippen molar-refractivity contribution in [3.05, 3.63) is 168 Å². The Morgan fingerprint density at radius 1 is 0.894 bits per heavy atom. The summed E-state index contributed by atoms with van der Waals surface area (Å²) in [5, 5.41) is 5.45. The fraction of sp³-hybridized carbons (Fsp3) is 0.103. The zero-order valence-corrected chi connectivity index (χ0v) is 27.1. The van der Waals surface area contributed by atoms with Crippen LogP contribution in [0.3, 0.4) is 0 Å². The van der Waals surface area contributed by atoms with E-state index in [4.69, 9.17) is 9.73 Å². The average molecular weight is 652 g/mol. The quantitative estimate of drug-likeness (QED) is 0.172. The van der Waals surface area contributed by atoms with Gasteiger partial charge in [-0.1, -0.05) is 108 Å². The number of ether oxygens (including phenoxy) is 1. The Balaban J connectivity index is 1.31. The van der Waals surface area contributed by atoms with Crippen LogP contribution in [0.1, 0.15) is 34.5 Å². The van der Waals surface area contributed by atoms with Crippen LogP contribution in [0.25, 0.3) is 33.4 Å². The number of thiazole rings is 1. The fourth-order valence-electron chi connectivity index (χ4n) is 6.43. The highest BCUT2D eigenvalue weighted by Gasteiger charge is 2.35. The van der Waals surface area contributed by atoms with E-state index in [1.807, 2.05) is 66.1 Å². The van der Waals surface area contributed by atoms with Crippen molar-refractivity contribution < 1.29 is 9.53 Å². The lowest BCUT2D eigenvalue weighted by atomic mass is 9.97. The number of thiophene rings is 1. The second-order valence-electron chi connectivity index (χ2n) is 11.3. The Hall–Kier alpha value is -5.31. The molecule has 7 aromatic rings. The highest BCUT2D eigenvalue weighted by atomic mass is 32.1. The van der Waals surface area contributed by atoms with E-state index < -0.39 is 12.0 Å². The number of esters is 1. The first-order chi connectivity index (χ1) is 23.1. The summed E-state index contributed by atoms with van der Waals surface area (Å²) in [7, 11) is 0. The Morgan fingerprint density at radius 2 is 1.66 bits per heavy atom. The van der Waals surface area contributed by atoms with E-state index in [2.05, 4.69) is 65.4 Å². The van der Waals surface area contributed by atoms with Crippen molar-refractivity contribution in [3.8, 4) is 0 Å². The molecular formula is C39H29N3O3S2. The summed E-state index contributed by atoms with van der Waals surface area (Å²) >= 11 is 2.85. The SMILES string of the molecule is CCOC(=O)C1=C(c2ccccc2)N=c2sc(=Cc3cn(Cc4cccc5ccccc45)c4ccccc34)c(=O)n2[C@@H]1c1cccs1. The molecule has 0 spiro atoms. The van der Waals surface area contributed by atoms with Gasteiger partial charge in [0.05, 0.1) is 22.4 Å². The molecule has 8 heteroatoms. The molecule has 6 nitrogen and oxygen atoms in total. The highest BCUT2D eigenvalue weighted by Crippen LogP contribution is 2.37. The molecular weight excluding hydrogens is 623 g/mol. The molecule has 1 aliphatic heterocycles. The Bertz CT molecular complexity index is 2500. The van der Waals surface area contributed by atoms with Crippen LogP contribution in [-0.4, -0.2) is 21.7 Å². The molecule has 0 radical (unpaired) electrons. The minimum atomic E-state index is -0.657. The minimum absolute atomic E-state index is 0.188. The smallest absolute Gasteiger partial charge is 0.338 e. The summed E-state index contributed by atoms with van der Waals surface area (Å²) in [5.41, 5.74) is 4.77. The molecule has 0 aliphatic carbocycles. The van der Waals surface area contributed by atoms with Crippen LogP contribution >= 0.6 is 22.7 Å². The standard InChI is InChI=1S/C39H29N3O3S2/c1-2-45-38(44)34-35(26-13-4-3-5-14-26)40-39-42(36(34)32-20-11-21-46-32)37(43)33(47-39)22-28-24-41(31-19-9-8-18-30(28)31)23-27-16-10-15-25-12-6-7-17-29(25)27/h3-22,24,36H,2,23H2,1H3/t36-/m1/s1. The van der Waals surface area contributed by atoms with Crippen LogP contribution in [0.2, 0.25) is 0 Å². The van der Waals surface area contributed by atoms with Gasteiger partial charge in [0.25, 0.3) is 5.56 Å². The van der Waals surface area contributed by atoms with Crippen molar-refractivity contribution in [2.24, 2.45) is 4.99 Å². The van der Waals surface area contributed by atoms with E-state index in [0.29, 0.717) is 27.1 Å². The zero-order chi connectivity index (χ0) is 31.9. The Kier molecular flexibility index (Phi) is 7.52. The van der Waals surface area contributed by atoms with Gasteiger partial charge < -0.3 is 9.30 Å². The van der Waals surface area contributed by atoms with Crippen molar-refractivity contribution in [3.63, 3.8) is 0 Å². The summed E-state index contributed by atoms with van der Waals surface area (Å²) in [6.07, 6.45) is 4.09. The zero-order valence-electron chi connectivity index (χ0n) is 25.5. The van der Waals surface area contributed by atoms with Gasteiger partial charge in [-0.3, -0.25) is 9.36 Å². The molecule has 0 fully saturated rings. The van der Waals surface area contributed by atoms with Crippen LogP contribution in [0, 0.1) is 0 Å². The van der Waals surface area contributed by atoms with E-state index in [-0.39, 0.29) is 12.2 Å². The monoisotopic (exact) mass is 651 g/mol. The highest BCUT2D eigenvalue weighted by molar-refractivity contribution is 7.10. The Labute approximate surface area is 278 Å². The second kappa shape index (κ2) is 12.1. The molecule has 0 saturated heterocycles. The van der Waals surface area contributed by atoms with E-state index in [1.54, 1.807) is 11.5 Å². The van der Waals surface area contributed by atoms with Crippen molar-refractivity contribution in [2.45, 2.75) is 19.5 Å². The number of hydrogen-bond donors (Lipinski definition) is 0. The van der Waals surface area contributed by atoms with Gasteiger partial charge in [0.15, 0.2) is 4.80 Å². The number of rotatable bonds is 7. The summed E-state index contributed by atoms with van der Waals surface area (Å²) in [5.74, 6) is -0.473. The maximum absolute atomic E-state index is 14.4. The van der Waals surface area contributed by atoms with Gasteiger partial charge >= 0.3 is 5.97 Å². The van der Waals surface area contributed by atoms with Crippen LogP contribution in [0.5, 0.6) is 0 Å². The molecule has 4 aromatic carbocycles. The molecule has 0 bridgehead atoms. The van der Waals surface area contributed by atoms with Gasteiger partial charge in [-0.25, -0.2) is 9.79 Å². The maximum atomic E-state index is 14.4. The van der Waals surface area contributed by atoms with E-state index in [9.17, 15) is 9.59 Å². The first-order valence-corrected chi connectivity index (χ1v) is 17.2. The van der Waals surface area contributed by atoms with Crippen molar-refractivity contribution in [1.82, 2.24) is 9.13 Å². The lowest BCUT2D eigenvalue weighted by Crippen LogP contribution is -2.39. The number of hydrogen-bond acceptors (Lipinski definition) is 6. The Morgan fingerprint density at radius 3 is 2.47 bits per heavy atom. The molecule has 0 N–H and O–H groups in total. The summed E-state index contributed by atoms with van der Waals surface area (Å²) in [6, 6.07) is 36.0. The number of carbonyl (C=O) groups is 1. The molecule has 8 rings (SSSR count). The molecule has 0 amide bonds. The predicted molar refractivity (Wildman–Crippen MR) is 190 cm³/mol. The van der Waals surface area contributed by atoms with Gasteiger partial charge in [-0.15, -0.1) is 11.3 Å². The van der Waals surface area contributed by atoms with Crippen molar-refractivity contribution >= 4 is 62.1 Å². The topological polar surface area (TPSA) is 65.6 Å². The normalized spacial score (nSPS) is 14.8. The van der Waals surface area contributed by atoms with Gasteiger partial charge in [0.2, 0.25) is 0 Å². The molecule has 4 heterocycles. The molecule has 1 aliphatic rings. The first kappa shape index (κ1) is 29.1. The maximum Gasteiger partial charge on any atom is 0.338 e. The van der Waals surface area contributed by atoms with Crippen LogP contribution in [0.4, 0.5) is 0 Å². The van der Waals surface area contributed by atoms with Gasteiger partial charge in [-0.05, 0) is 46.8 Å². The van der Waals surface area contributed by atoms with Gasteiger partial charge in [0, 0.05) is 39.6 Å². The average Bonchev–Trinajstić information content (AvgIpc) is 3.84. The van der Waals surface area contributed by atoms with Gasteiger partial charge in [0.1, 0.15) is 6.04 Å². The van der Waals surface area contributed by atoms with Gasteiger partial charge in [-0.2, -0.15) is 0 Å². The second-order valence-corrected chi connectivity index (χ2v) is 13.3. The lowest BCUT2D eigenvalue weighted by molar-refractivity contribution is -0.138. The van der Waals surface area contributed by atoms with E-state index in [0.717, 1.165) is 26.9 Å². The van der Waals surface area contributed by atoms with Crippen LogP contribution < -0.4 is 14.9 Å². The number of nitrogens with zero attached hydrogens (tertiary/aromatic N) is 3. The van der Waals surface area contributed by atoms with Crippen LogP contribution in [0.15, 0.2) is 136 Å². The van der Waals surface area contributed by atoms with Crippen molar-refractivity contribution in [2.75, 3.05) is 6.61 Å². The van der Waals surface area contributed by atoms with Crippen LogP contribution in [-0.2, 0) is 16.1 Å². The molecule has 0 unspecified atom stereocenters.